The Labute approximate surface area is 131 Å². The molecule has 114 valence electrons. The maximum Gasteiger partial charge on any atom is 0.136 e. The first-order chi connectivity index (χ1) is 10.0. The molecule has 0 bridgehead atoms. The van der Waals surface area contributed by atoms with E-state index >= 15 is 0 Å². The quantitative estimate of drug-likeness (QED) is 0.824. The third-order valence-electron chi connectivity index (χ3n) is 5.04. The Hall–Kier alpha value is -1.02. The Bertz CT molecular complexity index is 550. The third kappa shape index (κ3) is 3.11. The van der Waals surface area contributed by atoms with E-state index in [4.69, 9.17) is 16.3 Å². The Balaban J connectivity index is 1.81. The number of rotatable bonds is 3. The summed E-state index contributed by atoms with van der Waals surface area (Å²) in [4.78, 5) is 12.3. The van der Waals surface area contributed by atoms with Gasteiger partial charge in [-0.3, -0.25) is 4.79 Å². The van der Waals surface area contributed by atoms with E-state index in [2.05, 4.69) is 13.8 Å². The minimum atomic E-state index is 0.137. The molecule has 1 aromatic carbocycles. The third-order valence-corrected chi connectivity index (χ3v) is 5.26. The van der Waals surface area contributed by atoms with Crippen molar-refractivity contribution < 1.29 is 9.53 Å². The zero-order valence-corrected chi connectivity index (χ0v) is 13.6. The zero-order valence-electron chi connectivity index (χ0n) is 12.8. The fourth-order valence-corrected chi connectivity index (χ4v) is 3.98. The predicted molar refractivity (Wildman–Crippen MR) is 85.0 cm³/mol. The molecule has 1 fully saturated rings. The number of hydrogen-bond acceptors (Lipinski definition) is 2. The molecule has 3 heteroatoms. The van der Waals surface area contributed by atoms with Gasteiger partial charge < -0.3 is 4.74 Å². The fourth-order valence-electron chi connectivity index (χ4n) is 3.71. The van der Waals surface area contributed by atoms with Gasteiger partial charge in [-0.2, -0.15) is 0 Å². The number of benzene rings is 1. The van der Waals surface area contributed by atoms with Crippen molar-refractivity contribution in [2.75, 3.05) is 6.61 Å². The first-order valence-corrected chi connectivity index (χ1v) is 8.39. The summed E-state index contributed by atoms with van der Waals surface area (Å²) >= 11 is 6.22. The van der Waals surface area contributed by atoms with Crippen molar-refractivity contribution in [1.29, 1.82) is 0 Å². The second kappa shape index (κ2) is 6.00. The molecule has 0 N–H and O–H groups in total. The average molecular weight is 307 g/mol. The molecule has 0 radical (unpaired) electrons. The predicted octanol–water partition coefficient (Wildman–Crippen LogP) is 4.46. The van der Waals surface area contributed by atoms with Crippen LogP contribution in [0.15, 0.2) is 12.1 Å². The van der Waals surface area contributed by atoms with E-state index < -0.39 is 0 Å². The lowest BCUT2D eigenvalue weighted by molar-refractivity contribution is -0.125. The van der Waals surface area contributed by atoms with E-state index in [0.29, 0.717) is 17.6 Å². The van der Waals surface area contributed by atoms with Gasteiger partial charge in [-0.25, -0.2) is 0 Å². The summed E-state index contributed by atoms with van der Waals surface area (Å²) in [6, 6.07) is 3.98. The van der Waals surface area contributed by atoms with Crippen molar-refractivity contribution in [2.24, 2.45) is 17.8 Å². The molecule has 21 heavy (non-hydrogen) atoms. The number of halogens is 1. The largest absolute Gasteiger partial charge is 0.493 e. The van der Waals surface area contributed by atoms with Gasteiger partial charge in [0, 0.05) is 23.8 Å². The molecule has 2 unspecified atom stereocenters. The van der Waals surface area contributed by atoms with E-state index in [1.165, 1.54) is 5.56 Å². The van der Waals surface area contributed by atoms with Gasteiger partial charge in [0.25, 0.3) is 0 Å². The number of ether oxygens (including phenoxy) is 1. The number of ketones is 1. The number of hydrogen-bond donors (Lipinski definition) is 0. The van der Waals surface area contributed by atoms with Gasteiger partial charge in [-0.1, -0.05) is 25.4 Å². The van der Waals surface area contributed by atoms with Crippen molar-refractivity contribution in [3.8, 4) is 5.75 Å². The smallest absolute Gasteiger partial charge is 0.136 e. The van der Waals surface area contributed by atoms with Crippen LogP contribution < -0.4 is 4.74 Å². The highest BCUT2D eigenvalue weighted by atomic mass is 35.5. The fraction of sp³-hybridized carbons (Fsp3) is 0.611. The number of carbonyl (C=O) groups excluding carboxylic acids is 1. The molecule has 1 aliphatic heterocycles. The molecular weight excluding hydrogens is 284 g/mol. The van der Waals surface area contributed by atoms with Crippen molar-refractivity contribution in [2.45, 2.75) is 46.0 Å². The van der Waals surface area contributed by atoms with Gasteiger partial charge in [0.2, 0.25) is 0 Å². The van der Waals surface area contributed by atoms with E-state index in [0.717, 1.165) is 55.0 Å². The normalized spacial score (nSPS) is 25.0. The summed E-state index contributed by atoms with van der Waals surface area (Å²) in [6.45, 7) is 5.26. The maximum absolute atomic E-state index is 12.3. The van der Waals surface area contributed by atoms with Crippen LogP contribution in [0.2, 0.25) is 5.02 Å². The number of fused-ring (bicyclic) bond motifs is 1. The van der Waals surface area contributed by atoms with E-state index in [-0.39, 0.29) is 5.92 Å². The van der Waals surface area contributed by atoms with Gasteiger partial charge >= 0.3 is 0 Å². The molecule has 2 nitrogen and oxygen atoms in total. The summed E-state index contributed by atoms with van der Waals surface area (Å²) in [5.74, 6) is 2.86. The number of carbonyl (C=O) groups is 1. The molecule has 1 heterocycles. The Morgan fingerprint density at radius 3 is 2.90 bits per heavy atom. The lowest BCUT2D eigenvalue weighted by Gasteiger charge is -2.31. The molecule has 1 aliphatic carbocycles. The summed E-state index contributed by atoms with van der Waals surface area (Å²) < 4.78 is 5.77. The van der Waals surface area contributed by atoms with Crippen molar-refractivity contribution >= 4 is 17.4 Å². The van der Waals surface area contributed by atoms with E-state index in [1.807, 2.05) is 12.1 Å². The zero-order chi connectivity index (χ0) is 15.0. The van der Waals surface area contributed by atoms with E-state index in [9.17, 15) is 4.79 Å². The molecule has 1 aromatic rings. The highest BCUT2D eigenvalue weighted by Crippen LogP contribution is 2.38. The molecule has 3 rings (SSSR count). The lowest BCUT2D eigenvalue weighted by Crippen LogP contribution is -2.29. The van der Waals surface area contributed by atoms with Crippen LogP contribution >= 0.6 is 11.6 Å². The molecule has 0 saturated heterocycles. The second-order valence-corrected chi connectivity index (χ2v) is 7.23. The van der Waals surface area contributed by atoms with Gasteiger partial charge in [-0.15, -0.1) is 0 Å². The molecule has 0 aromatic heterocycles. The Morgan fingerprint density at radius 1 is 1.33 bits per heavy atom. The molecule has 2 atom stereocenters. The summed E-state index contributed by atoms with van der Waals surface area (Å²) in [7, 11) is 0. The Kier molecular flexibility index (Phi) is 4.26. The van der Waals surface area contributed by atoms with Gasteiger partial charge in [0.1, 0.15) is 11.5 Å². The first-order valence-electron chi connectivity index (χ1n) is 8.01. The van der Waals surface area contributed by atoms with Gasteiger partial charge in [0.15, 0.2) is 0 Å². The topological polar surface area (TPSA) is 26.3 Å². The SMILES string of the molecule is CC(C)C1CCC(=O)C(Cc2cc(Cl)cc3c2OCC3)C1. The van der Waals surface area contributed by atoms with Crippen LogP contribution in [0.1, 0.15) is 44.2 Å². The van der Waals surface area contributed by atoms with E-state index in [1.54, 1.807) is 0 Å². The van der Waals surface area contributed by atoms with Crippen LogP contribution in [0.25, 0.3) is 0 Å². The number of Topliss-reactive ketones (excluding diaryl/α,β-unsaturated/α-hetero) is 1. The summed E-state index contributed by atoms with van der Waals surface area (Å²) in [5, 5.41) is 0.762. The van der Waals surface area contributed by atoms with Gasteiger partial charge in [-0.05, 0) is 54.4 Å². The maximum atomic E-state index is 12.3. The molecule has 2 aliphatic rings. The van der Waals surface area contributed by atoms with Crippen LogP contribution in [0.3, 0.4) is 0 Å². The van der Waals surface area contributed by atoms with Gasteiger partial charge in [0.05, 0.1) is 6.61 Å². The lowest BCUT2D eigenvalue weighted by atomic mass is 9.73. The molecular formula is C18H23ClO2. The average Bonchev–Trinajstić information content (AvgIpc) is 2.89. The molecule has 0 amide bonds. The summed E-state index contributed by atoms with van der Waals surface area (Å²) in [5.41, 5.74) is 2.32. The monoisotopic (exact) mass is 306 g/mol. The van der Waals surface area contributed by atoms with Crippen molar-refractivity contribution in [1.82, 2.24) is 0 Å². The van der Waals surface area contributed by atoms with Crippen LogP contribution in [-0.2, 0) is 17.6 Å². The highest BCUT2D eigenvalue weighted by molar-refractivity contribution is 6.30. The van der Waals surface area contributed by atoms with Crippen LogP contribution in [-0.4, -0.2) is 12.4 Å². The second-order valence-electron chi connectivity index (χ2n) is 6.80. The minimum absolute atomic E-state index is 0.137. The standard InChI is InChI=1S/C18H23ClO2/c1-11(2)12-3-4-17(20)14(7-12)8-15-10-16(19)9-13-5-6-21-18(13)15/h9-12,14H,3-8H2,1-2H3. The minimum Gasteiger partial charge on any atom is -0.493 e. The van der Waals surface area contributed by atoms with Crippen molar-refractivity contribution in [3.63, 3.8) is 0 Å². The summed E-state index contributed by atoms with van der Waals surface area (Å²) in [6.07, 6.45) is 4.51. The Morgan fingerprint density at radius 2 is 2.14 bits per heavy atom. The first kappa shape index (κ1) is 14.9. The molecule has 0 spiro atoms. The van der Waals surface area contributed by atoms with Crippen LogP contribution in [0, 0.1) is 17.8 Å². The molecule has 1 saturated carbocycles. The van der Waals surface area contributed by atoms with Crippen LogP contribution in [0.4, 0.5) is 0 Å². The van der Waals surface area contributed by atoms with Crippen molar-refractivity contribution in [3.05, 3.63) is 28.3 Å². The van der Waals surface area contributed by atoms with Crippen LogP contribution in [0.5, 0.6) is 5.75 Å². The highest BCUT2D eigenvalue weighted by Gasteiger charge is 2.31.